The molecule has 1 heterocycles. The van der Waals surface area contributed by atoms with Crippen molar-refractivity contribution in [1.29, 1.82) is 5.26 Å². The highest BCUT2D eigenvalue weighted by atomic mass is 32.1. The van der Waals surface area contributed by atoms with Crippen LogP contribution in [0.1, 0.15) is 18.9 Å². The van der Waals surface area contributed by atoms with E-state index in [9.17, 15) is 9.59 Å². The van der Waals surface area contributed by atoms with E-state index in [1.165, 1.54) is 11.3 Å². The SMILES string of the molecule is C[C@@H]1C[C@H]1C(=O)OCC(=O)Nc1sccc1C#N. The number of anilines is 1. The van der Waals surface area contributed by atoms with E-state index in [-0.39, 0.29) is 18.5 Å². The number of thiophene rings is 1. The number of nitrogens with one attached hydrogen (secondary N) is 1. The molecule has 0 spiro atoms. The predicted molar refractivity (Wildman–Crippen MR) is 65.9 cm³/mol. The Labute approximate surface area is 108 Å². The Hall–Kier alpha value is -1.87. The third-order valence-electron chi connectivity index (χ3n) is 2.80. The van der Waals surface area contributed by atoms with Crippen LogP contribution in [0.25, 0.3) is 0 Å². The number of rotatable bonds is 4. The van der Waals surface area contributed by atoms with E-state index < -0.39 is 5.91 Å². The zero-order valence-electron chi connectivity index (χ0n) is 9.80. The summed E-state index contributed by atoms with van der Waals surface area (Å²) in [6.45, 7) is 1.67. The van der Waals surface area contributed by atoms with Gasteiger partial charge >= 0.3 is 5.97 Å². The molecule has 0 aliphatic heterocycles. The molecule has 0 bridgehead atoms. The summed E-state index contributed by atoms with van der Waals surface area (Å²) in [6.07, 6.45) is 0.837. The minimum Gasteiger partial charge on any atom is -0.455 e. The molecule has 1 fully saturated rings. The maximum absolute atomic E-state index is 11.5. The van der Waals surface area contributed by atoms with Crippen LogP contribution < -0.4 is 5.32 Å². The van der Waals surface area contributed by atoms with E-state index in [0.29, 0.717) is 16.5 Å². The molecule has 1 aromatic heterocycles. The van der Waals surface area contributed by atoms with Crippen LogP contribution in [-0.4, -0.2) is 18.5 Å². The van der Waals surface area contributed by atoms with E-state index in [2.05, 4.69) is 5.32 Å². The number of amides is 1. The van der Waals surface area contributed by atoms with Gasteiger partial charge in [-0.3, -0.25) is 9.59 Å². The van der Waals surface area contributed by atoms with Crippen molar-refractivity contribution in [2.75, 3.05) is 11.9 Å². The Morgan fingerprint density at radius 2 is 2.39 bits per heavy atom. The first-order valence-corrected chi connectivity index (χ1v) is 6.44. The first kappa shape index (κ1) is 12.6. The summed E-state index contributed by atoms with van der Waals surface area (Å²) >= 11 is 1.26. The van der Waals surface area contributed by atoms with Crippen LogP contribution in [0.15, 0.2) is 11.4 Å². The average molecular weight is 264 g/mol. The molecule has 0 radical (unpaired) electrons. The number of nitrogens with zero attached hydrogens (tertiary/aromatic N) is 1. The van der Waals surface area contributed by atoms with Gasteiger partial charge in [0.25, 0.3) is 5.91 Å². The second-order valence-corrected chi connectivity index (χ2v) is 5.17. The quantitative estimate of drug-likeness (QED) is 0.840. The van der Waals surface area contributed by atoms with Crippen molar-refractivity contribution < 1.29 is 14.3 Å². The van der Waals surface area contributed by atoms with Gasteiger partial charge in [-0.1, -0.05) is 6.92 Å². The first-order valence-electron chi connectivity index (χ1n) is 5.56. The minimum absolute atomic E-state index is 0.0470. The van der Waals surface area contributed by atoms with E-state index >= 15 is 0 Å². The van der Waals surface area contributed by atoms with Crippen LogP contribution in [0.3, 0.4) is 0 Å². The van der Waals surface area contributed by atoms with Crippen molar-refractivity contribution in [3.05, 3.63) is 17.0 Å². The van der Waals surface area contributed by atoms with Crippen LogP contribution in [0.5, 0.6) is 0 Å². The summed E-state index contributed by atoms with van der Waals surface area (Å²) in [7, 11) is 0. The highest BCUT2D eigenvalue weighted by Gasteiger charge is 2.40. The van der Waals surface area contributed by atoms with Crippen molar-refractivity contribution in [3.8, 4) is 6.07 Å². The zero-order valence-corrected chi connectivity index (χ0v) is 10.6. The van der Waals surface area contributed by atoms with Gasteiger partial charge in [-0.05, 0) is 23.8 Å². The van der Waals surface area contributed by atoms with Crippen molar-refractivity contribution in [2.24, 2.45) is 11.8 Å². The second kappa shape index (κ2) is 5.19. The van der Waals surface area contributed by atoms with Crippen LogP contribution in [-0.2, 0) is 14.3 Å². The van der Waals surface area contributed by atoms with E-state index in [0.717, 1.165) is 6.42 Å². The number of carbonyl (C=O) groups is 2. The van der Waals surface area contributed by atoms with Gasteiger partial charge in [-0.15, -0.1) is 11.3 Å². The highest BCUT2D eigenvalue weighted by Crippen LogP contribution is 2.38. The Bertz CT molecular complexity index is 518. The lowest BCUT2D eigenvalue weighted by Crippen LogP contribution is -2.21. The normalized spacial score (nSPS) is 20.9. The van der Waals surface area contributed by atoms with Gasteiger partial charge in [0.1, 0.15) is 11.1 Å². The summed E-state index contributed by atoms with van der Waals surface area (Å²) in [5.41, 5.74) is 0.412. The minimum atomic E-state index is -0.421. The van der Waals surface area contributed by atoms with Gasteiger partial charge in [-0.25, -0.2) is 0 Å². The maximum atomic E-state index is 11.5. The van der Waals surface area contributed by atoms with Gasteiger partial charge in [0.15, 0.2) is 6.61 Å². The lowest BCUT2D eigenvalue weighted by atomic mass is 10.3. The molecule has 1 saturated carbocycles. The number of nitriles is 1. The fourth-order valence-corrected chi connectivity index (χ4v) is 2.30. The van der Waals surface area contributed by atoms with Crippen molar-refractivity contribution >= 4 is 28.2 Å². The monoisotopic (exact) mass is 264 g/mol. The number of ether oxygens (including phenoxy) is 1. The largest absolute Gasteiger partial charge is 0.455 e. The summed E-state index contributed by atoms with van der Waals surface area (Å²) in [5, 5.41) is 13.5. The number of hydrogen-bond donors (Lipinski definition) is 1. The second-order valence-electron chi connectivity index (χ2n) is 4.25. The standard InChI is InChI=1S/C12H12N2O3S/c1-7-4-9(7)12(16)17-6-10(15)14-11-8(5-13)2-3-18-11/h2-3,7,9H,4,6H2,1H3,(H,14,15)/t7-,9-/m1/s1. The molecule has 18 heavy (non-hydrogen) atoms. The van der Waals surface area contributed by atoms with Crippen LogP contribution in [0, 0.1) is 23.2 Å². The Morgan fingerprint density at radius 3 is 3.00 bits per heavy atom. The van der Waals surface area contributed by atoms with Gasteiger partial charge in [0.05, 0.1) is 11.5 Å². The van der Waals surface area contributed by atoms with E-state index in [1.807, 2.05) is 13.0 Å². The molecule has 6 heteroatoms. The molecular weight excluding hydrogens is 252 g/mol. The highest BCUT2D eigenvalue weighted by molar-refractivity contribution is 7.14. The first-order chi connectivity index (χ1) is 8.61. The molecule has 1 amide bonds. The summed E-state index contributed by atoms with van der Waals surface area (Å²) in [4.78, 5) is 22.9. The topological polar surface area (TPSA) is 79.2 Å². The third kappa shape index (κ3) is 2.87. The molecule has 2 atom stereocenters. The Balaban J connectivity index is 1.79. The number of esters is 1. The molecule has 94 valence electrons. The fraction of sp³-hybridized carbons (Fsp3) is 0.417. The van der Waals surface area contributed by atoms with Crippen LogP contribution in [0.4, 0.5) is 5.00 Å². The zero-order chi connectivity index (χ0) is 13.1. The molecular formula is C12H12N2O3S. The summed E-state index contributed by atoms with van der Waals surface area (Å²) in [5.74, 6) is -0.419. The van der Waals surface area contributed by atoms with Gasteiger partial charge in [-0.2, -0.15) is 5.26 Å². The van der Waals surface area contributed by atoms with Gasteiger partial charge in [0.2, 0.25) is 0 Å². The molecule has 2 rings (SSSR count). The molecule has 1 aliphatic carbocycles. The van der Waals surface area contributed by atoms with E-state index in [1.54, 1.807) is 11.4 Å². The number of carbonyl (C=O) groups excluding carboxylic acids is 2. The van der Waals surface area contributed by atoms with Gasteiger partial charge in [0, 0.05) is 0 Å². The van der Waals surface area contributed by atoms with Crippen LogP contribution in [0.2, 0.25) is 0 Å². The molecule has 1 aliphatic rings. The summed E-state index contributed by atoms with van der Waals surface area (Å²) in [6, 6.07) is 3.59. The molecule has 0 unspecified atom stereocenters. The molecule has 0 aromatic carbocycles. The van der Waals surface area contributed by atoms with E-state index in [4.69, 9.17) is 10.00 Å². The fourth-order valence-electron chi connectivity index (χ4n) is 1.55. The maximum Gasteiger partial charge on any atom is 0.309 e. The lowest BCUT2D eigenvalue weighted by Gasteiger charge is -2.04. The average Bonchev–Trinajstić information content (AvgIpc) is 2.91. The van der Waals surface area contributed by atoms with Crippen LogP contribution >= 0.6 is 11.3 Å². The Kier molecular flexibility index (Phi) is 3.63. The number of hydrogen-bond acceptors (Lipinski definition) is 5. The molecule has 5 nitrogen and oxygen atoms in total. The predicted octanol–water partition coefficient (Wildman–Crippen LogP) is 1.76. The Morgan fingerprint density at radius 1 is 1.67 bits per heavy atom. The van der Waals surface area contributed by atoms with Crippen molar-refractivity contribution in [1.82, 2.24) is 0 Å². The van der Waals surface area contributed by atoms with Crippen molar-refractivity contribution in [2.45, 2.75) is 13.3 Å². The molecule has 0 saturated heterocycles. The van der Waals surface area contributed by atoms with Gasteiger partial charge < -0.3 is 10.1 Å². The lowest BCUT2D eigenvalue weighted by molar-refractivity contribution is -0.148. The summed E-state index contributed by atoms with van der Waals surface area (Å²) < 4.78 is 4.89. The molecule has 1 N–H and O–H groups in total. The smallest absolute Gasteiger partial charge is 0.309 e. The molecule has 1 aromatic rings. The van der Waals surface area contributed by atoms with Crippen molar-refractivity contribution in [3.63, 3.8) is 0 Å². The third-order valence-corrected chi connectivity index (χ3v) is 3.63.